The number of Topliss-reactive ketones (excluding diaryl/α,β-unsaturated/α-hetero) is 2. The number of nitrogens with zero attached hydrogens (tertiary/aromatic N) is 1. The third kappa shape index (κ3) is 3.37. The van der Waals surface area contributed by atoms with Gasteiger partial charge in [-0.15, -0.1) is 0 Å². The van der Waals surface area contributed by atoms with Crippen LogP contribution in [0, 0.1) is 0 Å². The number of hydrogen-bond donors (Lipinski definition) is 0. The fraction of sp³-hybridized carbons (Fsp3) is 0.227. The van der Waals surface area contributed by atoms with E-state index in [4.69, 9.17) is 0 Å². The van der Waals surface area contributed by atoms with Crippen LogP contribution in [0.25, 0.3) is 0 Å². The van der Waals surface area contributed by atoms with Crippen molar-refractivity contribution in [3.05, 3.63) is 81.9 Å². The first-order chi connectivity index (χ1) is 13.8. The van der Waals surface area contributed by atoms with E-state index in [1.165, 1.54) is 4.90 Å². The molecular weight excluding hydrogens is 383 g/mol. The van der Waals surface area contributed by atoms with E-state index in [0.717, 1.165) is 24.3 Å². The lowest BCUT2D eigenvalue weighted by molar-refractivity contribution is -0.137. The van der Waals surface area contributed by atoms with Crippen LogP contribution in [0.2, 0.25) is 0 Å². The van der Waals surface area contributed by atoms with Gasteiger partial charge in [0.05, 0.1) is 5.56 Å². The van der Waals surface area contributed by atoms with Gasteiger partial charge >= 0.3 is 6.18 Å². The van der Waals surface area contributed by atoms with Crippen molar-refractivity contribution in [2.75, 3.05) is 13.1 Å². The molecule has 0 fully saturated rings. The van der Waals surface area contributed by atoms with Crippen LogP contribution in [-0.4, -0.2) is 35.5 Å². The van der Waals surface area contributed by atoms with E-state index in [2.05, 4.69) is 0 Å². The van der Waals surface area contributed by atoms with Crippen molar-refractivity contribution in [2.45, 2.75) is 19.0 Å². The number of amides is 1. The smallest absolute Gasteiger partial charge is 0.338 e. The maximum Gasteiger partial charge on any atom is 0.416 e. The van der Waals surface area contributed by atoms with Crippen molar-refractivity contribution in [2.24, 2.45) is 0 Å². The summed E-state index contributed by atoms with van der Waals surface area (Å²) in [6.45, 7) is 0.444. The molecule has 1 amide bonds. The lowest BCUT2D eigenvalue weighted by Gasteiger charge is -2.21. The second-order valence-corrected chi connectivity index (χ2v) is 7.03. The Labute approximate surface area is 164 Å². The summed E-state index contributed by atoms with van der Waals surface area (Å²) in [4.78, 5) is 39.8. The number of hydrogen-bond acceptors (Lipinski definition) is 3. The molecule has 0 saturated heterocycles. The number of halogens is 3. The first kappa shape index (κ1) is 19.1. The van der Waals surface area contributed by atoms with Crippen molar-refractivity contribution in [1.82, 2.24) is 4.90 Å². The van der Waals surface area contributed by atoms with Crippen LogP contribution in [-0.2, 0) is 6.18 Å². The van der Waals surface area contributed by atoms with E-state index < -0.39 is 17.6 Å². The number of rotatable bonds is 1. The minimum atomic E-state index is -4.47. The first-order valence-corrected chi connectivity index (χ1v) is 9.14. The Morgan fingerprint density at radius 3 is 1.72 bits per heavy atom. The quantitative estimate of drug-likeness (QED) is 0.718. The van der Waals surface area contributed by atoms with Crippen LogP contribution >= 0.6 is 0 Å². The summed E-state index contributed by atoms with van der Waals surface area (Å²) >= 11 is 0. The van der Waals surface area contributed by atoms with Crippen molar-refractivity contribution in [3.63, 3.8) is 0 Å². The summed E-state index contributed by atoms with van der Waals surface area (Å²) in [5.74, 6) is -0.811. The van der Waals surface area contributed by atoms with Crippen molar-refractivity contribution in [1.29, 1.82) is 0 Å². The average Bonchev–Trinajstić information content (AvgIpc) is 2.94. The van der Waals surface area contributed by atoms with E-state index in [1.54, 1.807) is 24.3 Å². The van der Waals surface area contributed by atoms with E-state index in [0.29, 0.717) is 22.3 Å². The zero-order valence-corrected chi connectivity index (χ0v) is 15.3. The molecule has 0 unspecified atom stereocenters. The minimum Gasteiger partial charge on any atom is -0.338 e. The molecule has 1 heterocycles. The lowest BCUT2D eigenvalue weighted by atomic mass is 9.82. The topological polar surface area (TPSA) is 54.5 Å². The molecule has 4 nitrogen and oxygen atoms in total. The summed E-state index contributed by atoms with van der Waals surface area (Å²) in [5, 5.41) is 0. The van der Waals surface area contributed by atoms with Crippen LogP contribution in [0.15, 0.2) is 59.7 Å². The van der Waals surface area contributed by atoms with Gasteiger partial charge in [-0.25, -0.2) is 0 Å². The SMILES string of the molecule is O=C1C2=C(CCN(C(=O)c3ccc(C(F)(F)F)cc3)CC2)C(=O)c2ccccc21. The van der Waals surface area contributed by atoms with Crippen LogP contribution in [0.4, 0.5) is 13.2 Å². The molecule has 0 spiro atoms. The largest absolute Gasteiger partial charge is 0.416 e. The highest BCUT2D eigenvalue weighted by molar-refractivity contribution is 6.27. The van der Waals surface area contributed by atoms with Gasteiger partial charge in [-0.1, -0.05) is 24.3 Å². The van der Waals surface area contributed by atoms with Crippen LogP contribution in [0.5, 0.6) is 0 Å². The van der Waals surface area contributed by atoms with E-state index in [9.17, 15) is 27.6 Å². The van der Waals surface area contributed by atoms with Gasteiger partial charge in [-0.3, -0.25) is 14.4 Å². The third-order valence-electron chi connectivity index (χ3n) is 5.34. The standard InChI is InChI=1S/C22H16F3NO3/c23-22(24,25)14-7-5-13(6-8-14)21(29)26-11-9-17-18(10-12-26)20(28)16-4-2-1-3-15(16)19(17)27/h1-8H,9-12H2. The molecular formula is C22H16F3NO3. The molecule has 0 bridgehead atoms. The first-order valence-electron chi connectivity index (χ1n) is 9.14. The molecule has 1 aliphatic heterocycles. The zero-order valence-electron chi connectivity index (χ0n) is 15.3. The Hall–Kier alpha value is -3.22. The molecule has 2 aliphatic rings. The molecule has 7 heteroatoms. The minimum absolute atomic E-state index is 0.138. The van der Waals surface area contributed by atoms with Gasteiger partial charge in [-0.05, 0) is 37.1 Å². The molecule has 29 heavy (non-hydrogen) atoms. The molecule has 0 atom stereocenters. The molecule has 0 saturated carbocycles. The molecule has 0 N–H and O–H groups in total. The Morgan fingerprint density at radius 2 is 1.28 bits per heavy atom. The molecule has 148 valence electrons. The van der Waals surface area contributed by atoms with Crippen LogP contribution in [0.1, 0.15) is 49.5 Å². The molecule has 0 radical (unpaired) electrons. The van der Waals surface area contributed by atoms with Crippen molar-refractivity contribution < 1.29 is 27.6 Å². The third-order valence-corrected chi connectivity index (χ3v) is 5.34. The Kier molecular flexibility index (Phi) is 4.61. The second kappa shape index (κ2) is 6.99. The maximum atomic E-state index is 12.8. The number of fused-ring (bicyclic) bond motifs is 1. The monoisotopic (exact) mass is 399 g/mol. The van der Waals surface area contributed by atoms with Crippen LogP contribution < -0.4 is 0 Å². The highest BCUT2D eigenvalue weighted by atomic mass is 19.4. The maximum absolute atomic E-state index is 12.8. The summed E-state index contributed by atoms with van der Waals surface area (Å²) < 4.78 is 38.2. The van der Waals surface area contributed by atoms with Gasteiger partial charge in [0.15, 0.2) is 11.6 Å². The molecule has 2 aromatic rings. The Morgan fingerprint density at radius 1 is 0.793 bits per heavy atom. The van der Waals surface area contributed by atoms with Gasteiger partial charge in [0.25, 0.3) is 5.91 Å². The van der Waals surface area contributed by atoms with Gasteiger partial charge in [0, 0.05) is 40.9 Å². The molecule has 2 aromatic carbocycles. The van der Waals surface area contributed by atoms with Gasteiger partial charge in [0.1, 0.15) is 0 Å². The highest BCUT2D eigenvalue weighted by Crippen LogP contribution is 2.33. The fourth-order valence-electron chi connectivity index (χ4n) is 3.80. The highest BCUT2D eigenvalue weighted by Gasteiger charge is 2.34. The second-order valence-electron chi connectivity index (χ2n) is 7.03. The predicted octanol–water partition coefficient (Wildman–Crippen LogP) is 4.32. The summed E-state index contributed by atoms with van der Waals surface area (Å²) in [5.41, 5.74) is 0.917. The lowest BCUT2D eigenvalue weighted by Crippen LogP contribution is -2.32. The van der Waals surface area contributed by atoms with E-state index in [-0.39, 0.29) is 43.1 Å². The van der Waals surface area contributed by atoms with E-state index >= 15 is 0 Å². The van der Waals surface area contributed by atoms with Crippen molar-refractivity contribution in [3.8, 4) is 0 Å². The van der Waals surface area contributed by atoms with Gasteiger partial charge < -0.3 is 4.90 Å². The van der Waals surface area contributed by atoms with Crippen molar-refractivity contribution >= 4 is 17.5 Å². The van der Waals surface area contributed by atoms with Gasteiger partial charge in [0.2, 0.25) is 0 Å². The number of carbonyl (C=O) groups is 3. The van der Waals surface area contributed by atoms with Gasteiger partial charge in [-0.2, -0.15) is 13.2 Å². The normalized spacial score (nSPS) is 17.0. The predicted molar refractivity (Wildman–Crippen MR) is 98.7 cm³/mol. The average molecular weight is 399 g/mol. The summed E-state index contributed by atoms with van der Waals surface area (Å²) in [6, 6.07) is 10.7. The number of carbonyl (C=O) groups excluding carboxylic acids is 3. The number of ketones is 2. The fourth-order valence-corrected chi connectivity index (χ4v) is 3.80. The number of alkyl halides is 3. The Balaban J connectivity index is 1.55. The number of benzene rings is 2. The Bertz CT molecular complexity index is 1000. The summed E-state index contributed by atoms with van der Waals surface area (Å²) in [7, 11) is 0. The molecule has 0 aromatic heterocycles. The molecule has 4 rings (SSSR count). The van der Waals surface area contributed by atoms with E-state index in [1.807, 2.05) is 0 Å². The molecule has 1 aliphatic carbocycles. The summed E-state index contributed by atoms with van der Waals surface area (Å²) in [6.07, 6.45) is -4.00. The van der Waals surface area contributed by atoms with Crippen LogP contribution in [0.3, 0.4) is 0 Å². The zero-order chi connectivity index (χ0) is 20.8.